The molecule has 0 saturated carbocycles. The lowest BCUT2D eigenvalue weighted by Gasteiger charge is -2.31. The maximum absolute atomic E-state index is 13.1. The van der Waals surface area contributed by atoms with Gasteiger partial charge in [0.05, 0.1) is 0 Å². The zero-order valence-electron chi connectivity index (χ0n) is 14.2. The van der Waals surface area contributed by atoms with Crippen LogP contribution in [0.5, 0.6) is 0 Å². The van der Waals surface area contributed by atoms with E-state index < -0.39 is 17.6 Å². The van der Waals surface area contributed by atoms with Crippen LogP contribution in [0.3, 0.4) is 0 Å². The van der Waals surface area contributed by atoms with Crippen molar-refractivity contribution >= 4 is 23.5 Å². The van der Waals surface area contributed by atoms with E-state index in [2.05, 4.69) is 25.5 Å². The Kier molecular flexibility index (Phi) is 5.73. The lowest BCUT2D eigenvalue weighted by atomic mass is 9.97. The average molecular weight is 357 g/mol. The van der Waals surface area contributed by atoms with E-state index in [0.29, 0.717) is 18.4 Å². The molecule has 8 heteroatoms. The van der Waals surface area contributed by atoms with Gasteiger partial charge in [0.25, 0.3) is 0 Å². The Labute approximate surface area is 150 Å². The van der Waals surface area contributed by atoms with Crippen LogP contribution in [0, 0.1) is 11.7 Å². The molecule has 1 fully saturated rings. The number of hydrogen-bond donors (Lipinski definition) is 2. The van der Waals surface area contributed by atoms with Crippen LogP contribution in [-0.4, -0.2) is 41.4 Å². The number of benzene rings is 1. The zero-order valence-corrected chi connectivity index (χ0v) is 14.2. The monoisotopic (exact) mass is 357 g/mol. The summed E-state index contributed by atoms with van der Waals surface area (Å²) >= 11 is 0. The third-order valence-corrected chi connectivity index (χ3v) is 4.29. The van der Waals surface area contributed by atoms with Crippen molar-refractivity contribution in [2.24, 2.45) is 5.92 Å². The van der Waals surface area contributed by atoms with Crippen molar-refractivity contribution < 1.29 is 14.0 Å². The molecule has 0 radical (unpaired) electrons. The molecule has 1 aliphatic heterocycles. The molecule has 1 aromatic carbocycles. The normalized spacial score (nSPS) is 14.7. The number of piperidine rings is 1. The number of carbonyl (C=O) groups is 2. The first-order chi connectivity index (χ1) is 12.6. The van der Waals surface area contributed by atoms with Gasteiger partial charge in [-0.15, -0.1) is 0 Å². The molecule has 2 aromatic rings. The van der Waals surface area contributed by atoms with E-state index in [1.165, 1.54) is 18.2 Å². The van der Waals surface area contributed by atoms with Crippen molar-refractivity contribution in [2.75, 3.05) is 29.9 Å². The molecule has 2 heterocycles. The van der Waals surface area contributed by atoms with Gasteiger partial charge >= 0.3 is 11.8 Å². The van der Waals surface area contributed by atoms with Crippen LogP contribution in [0.15, 0.2) is 42.7 Å². The largest absolute Gasteiger partial charge is 0.348 e. The first kappa shape index (κ1) is 17.8. The highest BCUT2D eigenvalue weighted by atomic mass is 19.1. The summed E-state index contributed by atoms with van der Waals surface area (Å²) in [6, 6.07) is 7.19. The van der Waals surface area contributed by atoms with Gasteiger partial charge in [0.15, 0.2) is 0 Å². The topological polar surface area (TPSA) is 87.2 Å². The molecular formula is C18H20FN5O2. The van der Waals surface area contributed by atoms with E-state index in [-0.39, 0.29) is 5.69 Å². The van der Waals surface area contributed by atoms with E-state index in [0.717, 1.165) is 32.0 Å². The molecule has 1 saturated heterocycles. The van der Waals surface area contributed by atoms with Crippen molar-refractivity contribution in [1.82, 2.24) is 15.3 Å². The third kappa shape index (κ3) is 4.75. The Morgan fingerprint density at radius 3 is 2.54 bits per heavy atom. The Morgan fingerprint density at radius 1 is 1.12 bits per heavy atom. The molecule has 1 aromatic heterocycles. The Hall–Kier alpha value is -3.03. The highest BCUT2D eigenvalue weighted by Gasteiger charge is 2.22. The number of hydrogen-bond acceptors (Lipinski definition) is 5. The minimum atomic E-state index is -0.800. The van der Waals surface area contributed by atoms with Gasteiger partial charge in [-0.1, -0.05) is 6.07 Å². The molecule has 0 unspecified atom stereocenters. The second-order valence-electron chi connectivity index (χ2n) is 6.15. The number of carbonyl (C=O) groups excluding carboxylic acids is 2. The second-order valence-corrected chi connectivity index (χ2v) is 6.15. The maximum atomic E-state index is 13.1. The zero-order chi connectivity index (χ0) is 18.4. The van der Waals surface area contributed by atoms with Crippen molar-refractivity contribution in [2.45, 2.75) is 12.8 Å². The fraction of sp³-hybridized carbons (Fsp3) is 0.333. The molecule has 0 aliphatic carbocycles. The minimum Gasteiger partial charge on any atom is -0.348 e. The molecule has 0 bridgehead atoms. The molecule has 2 amide bonds. The number of aromatic nitrogens is 2. The van der Waals surface area contributed by atoms with Gasteiger partial charge in [0.2, 0.25) is 5.95 Å². The molecular weight excluding hydrogens is 337 g/mol. The van der Waals surface area contributed by atoms with E-state index in [9.17, 15) is 14.0 Å². The predicted molar refractivity (Wildman–Crippen MR) is 95.0 cm³/mol. The number of anilines is 2. The van der Waals surface area contributed by atoms with Crippen LogP contribution in [-0.2, 0) is 9.59 Å². The Balaban J connectivity index is 1.42. The SMILES string of the molecule is O=C(NCC1CCN(c2ncccn2)CC1)C(=O)Nc1cccc(F)c1. The standard InChI is InChI=1S/C18H20FN5O2/c19-14-3-1-4-15(11-14)23-17(26)16(25)22-12-13-5-9-24(10-6-13)18-20-7-2-8-21-18/h1-4,7-8,11,13H,5-6,9-10,12H2,(H,22,25)(H,23,26). The number of amides is 2. The highest BCUT2D eigenvalue weighted by molar-refractivity contribution is 6.39. The van der Waals surface area contributed by atoms with Crippen LogP contribution in [0.1, 0.15) is 12.8 Å². The molecule has 0 atom stereocenters. The minimum absolute atomic E-state index is 0.251. The van der Waals surface area contributed by atoms with Crippen LogP contribution in [0.2, 0.25) is 0 Å². The summed E-state index contributed by atoms with van der Waals surface area (Å²) in [7, 11) is 0. The summed E-state index contributed by atoms with van der Waals surface area (Å²) in [4.78, 5) is 34.4. The van der Waals surface area contributed by atoms with Gasteiger partial charge in [0.1, 0.15) is 5.82 Å². The number of nitrogens with zero attached hydrogens (tertiary/aromatic N) is 3. The smallest absolute Gasteiger partial charge is 0.313 e. The summed E-state index contributed by atoms with van der Waals surface area (Å²) < 4.78 is 13.1. The fourth-order valence-corrected chi connectivity index (χ4v) is 2.86. The van der Waals surface area contributed by atoms with Crippen LogP contribution in [0.25, 0.3) is 0 Å². The second kappa shape index (κ2) is 8.37. The molecule has 7 nitrogen and oxygen atoms in total. The van der Waals surface area contributed by atoms with Gasteiger partial charge in [-0.2, -0.15) is 0 Å². The van der Waals surface area contributed by atoms with Crippen LogP contribution in [0.4, 0.5) is 16.0 Å². The van der Waals surface area contributed by atoms with E-state index >= 15 is 0 Å². The third-order valence-electron chi connectivity index (χ3n) is 4.29. The summed E-state index contributed by atoms with van der Waals surface area (Å²) in [5, 5.41) is 5.03. The van der Waals surface area contributed by atoms with Gasteiger partial charge < -0.3 is 15.5 Å². The maximum Gasteiger partial charge on any atom is 0.313 e. The fourth-order valence-electron chi connectivity index (χ4n) is 2.86. The van der Waals surface area contributed by atoms with E-state index in [4.69, 9.17) is 0 Å². The quantitative estimate of drug-likeness (QED) is 0.812. The van der Waals surface area contributed by atoms with E-state index in [1.54, 1.807) is 18.5 Å². The molecule has 3 rings (SSSR count). The van der Waals surface area contributed by atoms with Crippen molar-refractivity contribution in [3.63, 3.8) is 0 Å². The van der Waals surface area contributed by atoms with Gasteiger partial charge in [-0.3, -0.25) is 9.59 Å². The summed E-state index contributed by atoms with van der Waals surface area (Å²) in [6.07, 6.45) is 5.19. The molecule has 0 spiro atoms. The van der Waals surface area contributed by atoms with Crippen LogP contribution >= 0.6 is 0 Å². The molecule has 1 aliphatic rings. The predicted octanol–water partition coefficient (Wildman–Crippen LogP) is 1.59. The first-order valence-corrected chi connectivity index (χ1v) is 8.48. The Bertz CT molecular complexity index is 763. The van der Waals surface area contributed by atoms with Gasteiger partial charge in [0, 0.05) is 37.7 Å². The van der Waals surface area contributed by atoms with Gasteiger partial charge in [-0.05, 0) is 43.0 Å². The van der Waals surface area contributed by atoms with Crippen LogP contribution < -0.4 is 15.5 Å². The van der Waals surface area contributed by atoms with Gasteiger partial charge in [-0.25, -0.2) is 14.4 Å². The number of nitrogens with one attached hydrogen (secondary N) is 2. The average Bonchev–Trinajstić information content (AvgIpc) is 2.67. The van der Waals surface area contributed by atoms with Crippen molar-refractivity contribution in [3.8, 4) is 0 Å². The Morgan fingerprint density at radius 2 is 1.85 bits per heavy atom. The van der Waals surface area contributed by atoms with Crippen molar-refractivity contribution in [3.05, 3.63) is 48.5 Å². The molecule has 2 N–H and O–H groups in total. The molecule has 136 valence electrons. The number of halogens is 1. The summed E-state index contributed by atoms with van der Waals surface area (Å²) in [6.45, 7) is 2.04. The molecule has 26 heavy (non-hydrogen) atoms. The number of rotatable bonds is 4. The van der Waals surface area contributed by atoms with Crippen molar-refractivity contribution in [1.29, 1.82) is 0 Å². The highest BCUT2D eigenvalue weighted by Crippen LogP contribution is 2.19. The summed E-state index contributed by atoms with van der Waals surface area (Å²) in [5.74, 6) is -0.989. The summed E-state index contributed by atoms with van der Waals surface area (Å²) in [5.41, 5.74) is 0.251. The lowest BCUT2D eigenvalue weighted by Crippen LogP contribution is -2.42. The van der Waals surface area contributed by atoms with E-state index in [1.807, 2.05) is 0 Å². The first-order valence-electron chi connectivity index (χ1n) is 8.48. The lowest BCUT2D eigenvalue weighted by molar-refractivity contribution is -0.136.